The predicted molar refractivity (Wildman–Crippen MR) is 84.9 cm³/mol. The van der Waals surface area contributed by atoms with Crippen LogP contribution in [0.2, 0.25) is 25.7 Å². The maximum Gasteiger partial charge on any atom is 0.0448 e. The van der Waals surface area contributed by atoms with E-state index >= 15 is 0 Å². The maximum atomic E-state index is 2.67. The number of fused-ring (bicyclic) bond motifs is 4. The summed E-state index contributed by atoms with van der Waals surface area (Å²) in [7, 11) is -0.926. The van der Waals surface area contributed by atoms with E-state index in [9.17, 15) is 0 Å². The predicted octanol–water partition coefficient (Wildman–Crippen LogP) is 5.34. The molecule has 0 aromatic rings. The summed E-state index contributed by atoms with van der Waals surface area (Å²) in [6, 6.07) is 1.61. The zero-order valence-corrected chi connectivity index (χ0v) is 14.0. The van der Waals surface area contributed by atoms with Crippen LogP contribution in [0.4, 0.5) is 0 Å². The van der Waals surface area contributed by atoms with Gasteiger partial charge in [0.2, 0.25) is 0 Å². The van der Waals surface area contributed by atoms with Gasteiger partial charge in [0.15, 0.2) is 0 Å². The van der Waals surface area contributed by atoms with Crippen LogP contribution in [-0.4, -0.2) is 8.07 Å². The van der Waals surface area contributed by atoms with Crippen molar-refractivity contribution in [3.8, 4) is 0 Å². The lowest BCUT2D eigenvalue weighted by molar-refractivity contribution is 0.219. The molecule has 0 heterocycles. The van der Waals surface area contributed by atoms with E-state index in [4.69, 9.17) is 0 Å². The quantitative estimate of drug-likeness (QED) is 0.471. The zero-order chi connectivity index (χ0) is 13.3. The molecule has 0 radical (unpaired) electrons. The highest BCUT2D eigenvalue weighted by molar-refractivity contribution is 6.76. The Hall–Kier alpha value is -0.0431. The minimum absolute atomic E-state index is 0.796. The first kappa shape index (κ1) is 12.7. The molecule has 0 bridgehead atoms. The van der Waals surface area contributed by atoms with Crippen LogP contribution in [0.15, 0.2) is 12.2 Å². The summed E-state index contributed by atoms with van der Waals surface area (Å²) in [6.07, 6.45) is 14.5. The third-order valence-electron chi connectivity index (χ3n) is 6.80. The third kappa shape index (κ3) is 1.69. The normalized spacial score (nSPS) is 51.4. The molecule has 0 spiro atoms. The highest BCUT2D eigenvalue weighted by atomic mass is 28.3. The molecule has 4 aliphatic rings. The van der Waals surface area contributed by atoms with Crippen LogP contribution < -0.4 is 0 Å². The van der Waals surface area contributed by atoms with Gasteiger partial charge in [0.25, 0.3) is 0 Å². The van der Waals surface area contributed by atoms with Crippen LogP contribution in [0.1, 0.15) is 38.5 Å². The van der Waals surface area contributed by atoms with Crippen molar-refractivity contribution in [2.75, 3.05) is 0 Å². The first-order valence-electron chi connectivity index (χ1n) is 8.72. The van der Waals surface area contributed by atoms with Gasteiger partial charge in [-0.1, -0.05) is 63.5 Å². The Labute approximate surface area is 120 Å². The molecule has 0 aliphatic heterocycles. The number of allylic oxidation sites excluding steroid dienone is 2. The monoisotopic (exact) mass is 274 g/mol. The highest BCUT2D eigenvalue weighted by Gasteiger charge is 2.77. The van der Waals surface area contributed by atoms with Gasteiger partial charge < -0.3 is 0 Å². The molecule has 4 aliphatic carbocycles. The highest BCUT2D eigenvalue weighted by Crippen LogP contribution is 2.82. The van der Waals surface area contributed by atoms with Gasteiger partial charge in [0.1, 0.15) is 0 Å². The minimum Gasteiger partial charge on any atom is -0.0842 e. The largest absolute Gasteiger partial charge is 0.0842 e. The SMILES string of the molecule is C[Si](C)(C)C[C@@]12C3C=CC1C2C1CCCCCCC13. The van der Waals surface area contributed by atoms with E-state index in [1.807, 2.05) is 0 Å². The summed E-state index contributed by atoms with van der Waals surface area (Å²) < 4.78 is 0. The second-order valence-corrected chi connectivity index (χ2v) is 14.6. The van der Waals surface area contributed by atoms with E-state index in [2.05, 4.69) is 31.8 Å². The first-order valence-corrected chi connectivity index (χ1v) is 12.4. The summed E-state index contributed by atoms with van der Waals surface area (Å²) in [6.45, 7) is 7.78. The fourth-order valence-corrected chi connectivity index (χ4v) is 9.14. The Kier molecular flexibility index (Phi) is 2.66. The average Bonchev–Trinajstić information content (AvgIpc) is 2.68. The summed E-state index contributed by atoms with van der Waals surface area (Å²) in [5.41, 5.74) is 0.796. The molecule has 1 heteroatoms. The van der Waals surface area contributed by atoms with Crippen LogP contribution in [0.25, 0.3) is 0 Å². The Morgan fingerprint density at radius 1 is 0.895 bits per heavy atom. The maximum absolute atomic E-state index is 2.67. The molecule has 4 rings (SSSR count). The molecular weight excluding hydrogens is 244 g/mol. The molecule has 0 aromatic heterocycles. The summed E-state index contributed by atoms with van der Waals surface area (Å²) in [5, 5.41) is 0. The molecule has 0 nitrogen and oxygen atoms in total. The zero-order valence-electron chi connectivity index (χ0n) is 13.0. The molecule has 0 saturated heterocycles. The van der Waals surface area contributed by atoms with E-state index in [-0.39, 0.29) is 0 Å². The van der Waals surface area contributed by atoms with Crippen LogP contribution in [0.5, 0.6) is 0 Å². The molecule has 0 amide bonds. The van der Waals surface area contributed by atoms with Gasteiger partial charge in [0.05, 0.1) is 0 Å². The van der Waals surface area contributed by atoms with Gasteiger partial charge in [-0.15, -0.1) is 0 Å². The van der Waals surface area contributed by atoms with Crippen LogP contribution in [0, 0.1) is 35.0 Å². The van der Waals surface area contributed by atoms with E-state index in [1.165, 1.54) is 25.7 Å². The second-order valence-electron chi connectivity index (χ2n) is 9.13. The fourth-order valence-electron chi connectivity index (χ4n) is 6.59. The lowest BCUT2D eigenvalue weighted by atomic mass is 9.76. The molecule has 106 valence electrons. The van der Waals surface area contributed by atoms with Crippen LogP contribution in [0.3, 0.4) is 0 Å². The van der Waals surface area contributed by atoms with E-state index in [0.29, 0.717) is 0 Å². The Bertz CT molecular complexity index is 404. The van der Waals surface area contributed by atoms with Crippen molar-refractivity contribution in [2.24, 2.45) is 35.0 Å². The van der Waals surface area contributed by atoms with Gasteiger partial charge in [0, 0.05) is 8.07 Å². The molecule has 19 heavy (non-hydrogen) atoms. The van der Waals surface area contributed by atoms with Crippen molar-refractivity contribution in [1.82, 2.24) is 0 Å². The van der Waals surface area contributed by atoms with Crippen LogP contribution in [-0.2, 0) is 0 Å². The van der Waals surface area contributed by atoms with Crippen molar-refractivity contribution in [2.45, 2.75) is 64.2 Å². The van der Waals surface area contributed by atoms with Gasteiger partial charge in [-0.25, -0.2) is 0 Å². The molecular formula is C18H30Si. The third-order valence-corrected chi connectivity index (χ3v) is 8.47. The lowest BCUT2D eigenvalue weighted by Crippen LogP contribution is -2.30. The fraction of sp³-hybridized carbons (Fsp3) is 0.889. The number of hydrogen-bond acceptors (Lipinski definition) is 0. The average molecular weight is 275 g/mol. The Morgan fingerprint density at radius 2 is 1.53 bits per heavy atom. The molecule has 3 saturated carbocycles. The number of hydrogen-bond donors (Lipinski definition) is 0. The second kappa shape index (κ2) is 3.99. The lowest BCUT2D eigenvalue weighted by Gasteiger charge is -2.32. The van der Waals surface area contributed by atoms with Crippen molar-refractivity contribution in [3.63, 3.8) is 0 Å². The van der Waals surface area contributed by atoms with Gasteiger partial charge in [-0.3, -0.25) is 0 Å². The summed E-state index contributed by atoms with van der Waals surface area (Å²) in [4.78, 5) is 0. The number of rotatable bonds is 2. The van der Waals surface area contributed by atoms with Crippen molar-refractivity contribution >= 4 is 8.07 Å². The molecule has 5 unspecified atom stereocenters. The summed E-state index contributed by atoms with van der Waals surface area (Å²) >= 11 is 0. The van der Waals surface area contributed by atoms with Crippen molar-refractivity contribution in [1.29, 1.82) is 0 Å². The van der Waals surface area contributed by atoms with Gasteiger partial charge in [-0.05, 0) is 47.8 Å². The molecule has 0 N–H and O–H groups in total. The minimum atomic E-state index is -0.926. The summed E-state index contributed by atoms with van der Waals surface area (Å²) in [5.74, 6) is 5.33. The Balaban J connectivity index is 1.63. The van der Waals surface area contributed by atoms with E-state index in [0.717, 1.165) is 35.0 Å². The van der Waals surface area contributed by atoms with Crippen molar-refractivity contribution in [3.05, 3.63) is 12.2 Å². The van der Waals surface area contributed by atoms with E-state index in [1.54, 1.807) is 18.9 Å². The van der Waals surface area contributed by atoms with Crippen LogP contribution >= 0.6 is 0 Å². The molecule has 6 atom stereocenters. The Morgan fingerprint density at radius 3 is 2.21 bits per heavy atom. The molecule has 0 aromatic carbocycles. The molecule has 3 fully saturated rings. The standard InChI is InChI=1S/C18H30Si/c1-19(2,3)12-18-15-10-11-16(18)17(18)14-9-7-5-4-6-8-13(14)15/h10-11,13-17H,4-9,12H2,1-3H3/t13?,14?,15?,16?,17?,18-/m1/s1. The van der Waals surface area contributed by atoms with Crippen molar-refractivity contribution < 1.29 is 0 Å². The smallest absolute Gasteiger partial charge is 0.0448 e. The van der Waals surface area contributed by atoms with Gasteiger partial charge >= 0.3 is 0 Å². The topological polar surface area (TPSA) is 0 Å². The van der Waals surface area contributed by atoms with E-state index < -0.39 is 8.07 Å². The van der Waals surface area contributed by atoms with Gasteiger partial charge in [-0.2, -0.15) is 0 Å². The first-order chi connectivity index (χ1) is 9.04.